The van der Waals surface area contributed by atoms with E-state index in [-0.39, 0.29) is 30.1 Å². The first-order chi connectivity index (χ1) is 12.7. The van der Waals surface area contributed by atoms with Crippen molar-refractivity contribution in [3.05, 3.63) is 65.2 Å². The average Bonchev–Trinajstić information content (AvgIpc) is 3.07. The zero-order valence-electron chi connectivity index (χ0n) is 15.8. The number of para-hydroxylation sites is 1. The molecule has 6 heteroatoms. The number of benzene rings is 2. The summed E-state index contributed by atoms with van der Waals surface area (Å²) in [4.78, 5) is 4.51. The fourth-order valence-electron chi connectivity index (χ4n) is 2.99. The lowest BCUT2D eigenvalue weighted by Crippen LogP contribution is -2.42. The van der Waals surface area contributed by atoms with Crippen molar-refractivity contribution < 1.29 is 9.84 Å². The van der Waals surface area contributed by atoms with E-state index in [1.165, 1.54) is 11.1 Å². The number of nitrogens with one attached hydrogen (secondary N) is 2. The van der Waals surface area contributed by atoms with Gasteiger partial charge in [-0.15, -0.1) is 24.0 Å². The van der Waals surface area contributed by atoms with E-state index in [0.29, 0.717) is 19.0 Å². The first-order valence-corrected chi connectivity index (χ1v) is 9.17. The summed E-state index contributed by atoms with van der Waals surface area (Å²) < 4.78 is 5.95. The summed E-state index contributed by atoms with van der Waals surface area (Å²) in [7, 11) is 0. The molecule has 0 fully saturated rings. The lowest BCUT2D eigenvalue weighted by molar-refractivity contribution is 0.187. The summed E-state index contributed by atoms with van der Waals surface area (Å²) in [5.74, 6) is 1.66. The number of ether oxygens (including phenoxy) is 1. The molecule has 1 aliphatic rings. The number of fused-ring (bicyclic) bond motifs is 1. The molecule has 1 aliphatic heterocycles. The largest absolute Gasteiger partial charge is 0.488 e. The molecule has 0 saturated carbocycles. The maximum absolute atomic E-state index is 10.3. The van der Waals surface area contributed by atoms with E-state index in [9.17, 15) is 5.11 Å². The molecule has 3 N–H and O–H groups in total. The summed E-state index contributed by atoms with van der Waals surface area (Å²) in [5.41, 5.74) is 3.30. The van der Waals surface area contributed by atoms with Crippen molar-refractivity contribution in [3.63, 3.8) is 0 Å². The third-order valence-electron chi connectivity index (χ3n) is 4.44. The molecule has 5 nitrogen and oxygen atoms in total. The van der Waals surface area contributed by atoms with Crippen molar-refractivity contribution in [2.45, 2.75) is 32.5 Å². The van der Waals surface area contributed by atoms with Gasteiger partial charge in [0.2, 0.25) is 0 Å². The highest BCUT2D eigenvalue weighted by molar-refractivity contribution is 14.0. The van der Waals surface area contributed by atoms with Gasteiger partial charge in [0.1, 0.15) is 11.9 Å². The minimum Gasteiger partial charge on any atom is -0.488 e. The molecule has 3 rings (SSSR count). The van der Waals surface area contributed by atoms with Crippen molar-refractivity contribution in [2.24, 2.45) is 4.99 Å². The van der Waals surface area contributed by atoms with Gasteiger partial charge in [-0.2, -0.15) is 0 Å². The molecule has 2 aromatic carbocycles. The van der Waals surface area contributed by atoms with Crippen LogP contribution in [0.25, 0.3) is 0 Å². The van der Waals surface area contributed by atoms with Crippen LogP contribution in [-0.2, 0) is 6.42 Å². The predicted octanol–water partition coefficient (Wildman–Crippen LogP) is 3.21. The quantitative estimate of drug-likeness (QED) is 0.337. The third-order valence-corrected chi connectivity index (χ3v) is 4.44. The predicted molar refractivity (Wildman–Crippen MR) is 120 cm³/mol. The molecular formula is C21H28IN3O2. The van der Waals surface area contributed by atoms with E-state index in [4.69, 9.17) is 4.74 Å². The van der Waals surface area contributed by atoms with Crippen LogP contribution in [-0.4, -0.2) is 36.8 Å². The Bertz CT molecular complexity index is 724. The number of guanidine groups is 1. The number of hydrogen-bond acceptors (Lipinski definition) is 3. The number of rotatable bonds is 6. The number of aryl methyl sites for hydroxylation is 1. The van der Waals surface area contributed by atoms with Crippen LogP contribution in [0.1, 0.15) is 29.7 Å². The lowest BCUT2D eigenvalue weighted by Gasteiger charge is -2.16. The van der Waals surface area contributed by atoms with Crippen LogP contribution >= 0.6 is 24.0 Å². The summed E-state index contributed by atoms with van der Waals surface area (Å²) in [6, 6.07) is 16.0. The van der Waals surface area contributed by atoms with Gasteiger partial charge in [-0.1, -0.05) is 48.0 Å². The molecule has 0 saturated heterocycles. The van der Waals surface area contributed by atoms with Gasteiger partial charge in [0.25, 0.3) is 0 Å². The molecule has 2 aromatic rings. The molecule has 146 valence electrons. The Hall–Kier alpha value is -1.80. The summed E-state index contributed by atoms with van der Waals surface area (Å²) >= 11 is 0. The summed E-state index contributed by atoms with van der Waals surface area (Å²) in [6.07, 6.45) is 0.380. The van der Waals surface area contributed by atoms with Gasteiger partial charge in [0, 0.05) is 13.0 Å². The highest BCUT2D eigenvalue weighted by Crippen LogP contribution is 2.27. The maximum Gasteiger partial charge on any atom is 0.191 e. The van der Waals surface area contributed by atoms with Crippen LogP contribution < -0.4 is 15.4 Å². The molecule has 0 amide bonds. The van der Waals surface area contributed by atoms with Crippen LogP contribution in [0.15, 0.2) is 53.5 Å². The van der Waals surface area contributed by atoms with Gasteiger partial charge in [-0.3, -0.25) is 4.99 Å². The van der Waals surface area contributed by atoms with E-state index in [1.54, 1.807) is 0 Å². The molecule has 0 bridgehead atoms. The molecule has 0 radical (unpaired) electrons. The Morgan fingerprint density at radius 3 is 2.63 bits per heavy atom. The van der Waals surface area contributed by atoms with Gasteiger partial charge >= 0.3 is 0 Å². The molecule has 0 aromatic heterocycles. The number of halogens is 1. The SMILES string of the molecule is CCNC(=NCC(O)c1ccc(C)cc1)NCC1Cc2ccccc2O1.I. The van der Waals surface area contributed by atoms with Crippen LogP contribution in [0.5, 0.6) is 5.75 Å². The van der Waals surface area contributed by atoms with Gasteiger partial charge < -0.3 is 20.5 Å². The van der Waals surface area contributed by atoms with Gasteiger partial charge in [0.15, 0.2) is 5.96 Å². The van der Waals surface area contributed by atoms with Crippen molar-refractivity contribution in [3.8, 4) is 5.75 Å². The highest BCUT2D eigenvalue weighted by atomic mass is 127. The second-order valence-corrected chi connectivity index (χ2v) is 6.58. The maximum atomic E-state index is 10.3. The Kier molecular flexibility index (Phi) is 8.37. The molecular weight excluding hydrogens is 453 g/mol. The number of aliphatic imine (C=N–C) groups is 1. The second-order valence-electron chi connectivity index (χ2n) is 6.58. The first kappa shape index (κ1) is 21.5. The minimum atomic E-state index is -0.613. The van der Waals surface area contributed by atoms with Crippen molar-refractivity contribution in [1.82, 2.24) is 10.6 Å². The second kappa shape index (κ2) is 10.5. The molecule has 1 heterocycles. The number of aliphatic hydroxyl groups excluding tert-OH is 1. The molecule has 0 aliphatic carbocycles. The van der Waals surface area contributed by atoms with Crippen molar-refractivity contribution >= 4 is 29.9 Å². The van der Waals surface area contributed by atoms with Crippen LogP contribution in [0.2, 0.25) is 0 Å². The van der Waals surface area contributed by atoms with Gasteiger partial charge in [-0.05, 0) is 31.0 Å². The van der Waals surface area contributed by atoms with E-state index >= 15 is 0 Å². The Morgan fingerprint density at radius 2 is 1.93 bits per heavy atom. The molecule has 0 spiro atoms. The Balaban J connectivity index is 0.00000261. The average molecular weight is 481 g/mol. The van der Waals surface area contributed by atoms with Crippen molar-refractivity contribution in [2.75, 3.05) is 19.6 Å². The fraction of sp³-hybridized carbons (Fsp3) is 0.381. The van der Waals surface area contributed by atoms with Crippen LogP contribution in [0, 0.1) is 6.92 Å². The number of hydrogen-bond donors (Lipinski definition) is 3. The first-order valence-electron chi connectivity index (χ1n) is 9.17. The third kappa shape index (κ3) is 6.10. The standard InChI is InChI=1S/C21H27N3O2.HI/c1-3-22-21(24-14-19(25)16-10-8-15(2)9-11-16)23-13-18-12-17-6-4-5-7-20(17)26-18;/h4-11,18-19,25H,3,12-14H2,1-2H3,(H2,22,23,24);1H. The summed E-state index contributed by atoms with van der Waals surface area (Å²) in [6.45, 7) is 5.80. The number of nitrogens with zero attached hydrogens (tertiary/aromatic N) is 1. The zero-order chi connectivity index (χ0) is 18.4. The number of aliphatic hydroxyl groups is 1. The van der Waals surface area contributed by atoms with Crippen LogP contribution in [0.3, 0.4) is 0 Å². The minimum absolute atomic E-state index is 0. The van der Waals surface area contributed by atoms with Crippen molar-refractivity contribution in [1.29, 1.82) is 0 Å². The monoisotopic (exact) mass is 481 g/mol. The van der Waals surface area contributed by atoms with Gasteiger partial charge in [0.05, 0.1) is 19.2 Å². The topological polar surface area (TPSA) is 65.9 Å². The molecule has 2 atom stereocenters. The van der Waals surface area contributed by atoms with Crippen LogP contribution in [0.4, 0.5) is 0 Å². The Morgan fingerprint density at radius 1 is 1.19 bits per heavy atom. The van der Waals surface area contributed by atoms with E-state index in [0.717, 1.165) is 24.3 Å². The van der Waals surface area contributed by atoms with Gasteiger partial charge in [-0.25, -0.2) is 0 Å². The smallest absolute Gasteiger partial charge is 0.191 e. The van der Waals surface area contributed by atoms with E-state index in [2.05, 4.69) is 21.7 Å². The lowest BCUT2D eigenvalue weighted by atomic mass is 10.1. The van der Waals surface area contributed by atoms with E-state index < -0.39 is 6.10 Å². The normalized spacial score (nSPS) is 16.7. The molecule has 2 unspecified atom stereocenters. The Labute approximate surface area is 178 Å². The van der Waals surface area contributed by atoms with E-state index in [1.807, 2.05) is 56.3 Å². The highest BCUT2D eigenvalue weighted by Gasteiger charge is 2.22. The summed E-state index contributed by atoms with van der Waals surface area (Å²) in [5, 5.41) is 16.9. The zero-order valence-corrected chi connectivity index (χ0v) is 18.1. The molecule has 27 heavy (non-hydrogen) atoms. The fourth-order valence-corrected chi connectivity index (χ4v) is 2.99.